The maximum Gasteiger partial charge on any atom is 0.407 e. The zero-order valence-corrected chi connectivity index (χ0v) is 38.6. The molecule has 4 atom stereocenters. The molecule has 3 amide bonds. The Kier molecular flexibility index (Phi) is 18.2. The van der Waals surface area contributed by atoms with Gasteiger partial charge in [0, 0.05) is 24.2 Å². The molecule has 3 N–H and O–H groups in total. The standard InChI is InChI=1S/C41H49N9O6.4H2S/c1-23(2)35(44-22-56-55-6)39(51)50-16-8-10-34(50)38-45-30-19-29(42-21-32(30)47-38)27-13-11-26-18-28(14-12-25(26)17-27)31-20-43-37(46-31)33-9-7-15-49(33)40(52)36(24(3)4)48-41(53)54-5;;;;/h11-14,17-24,33-36H,7-10,15-16H2,1-6H3,(H,43,46)(H,45,47)(H,48,53);4*1H2/t33-,34-,35-,36-;;;;/m0..../s1. The highest BCUT2D eigenvalue weighted by Gasteiger charge is 2.38. The molecular weight excluding hydrogens is 843 g/mol. The number of benzene rings is 2. The lowest BCUT2D eigenvalue weighted by Crippen LogP contribution is -2.51. The minimum absolute atomic E-state index is 0. The monoisotopic (exact) mass is 899 g/mol. The van der Waals surface area contributed by atoms with Crippen molar-refractivity contribution in [1.29, 1.82) is 0 Å². The predicted molar refractivity (Wildman–Crippen MR) is 253 cm³/mol. The van der Waals surface area contributed by atoms with E-state index in [-0.39, 0.29) is 89.7 Å². The van der Waals surface area contributed by atoms with Crippen LogP contribution < -0.4 is 5.32 Å². The van der Waals surface area contributed by atoms with Crippen LogP contribution in [0.25, 0.3) is 44.3 Å². The van der Waals surface area contributed by atoms with Crippen molar-refractivity contribution >= 4 is 100 Å². The van der Waals surface area contributed by atoms with E-state index >= 15 is 0 Å². The number of ether oxygens (including phenoxy) is 1. The normalized spacial score (nSPS) is 17.2. The number of amides is 3. The first-order valence-electron chi connectivity index (χ1n) is 19.2. The van der Waals surface area contributed by atoms with Gasteiger partial charge in [-0.2, -0.15) is 58.9 Å². The number of hydrogen-bond donors (Lipinski definition) is 3. The van der Waals surface area contributed by atoms with Gasteiger partial charge in [-0.25, -0.2) is 19.8 Å². The Morgan fingerprint density at radius 1 is 0.800 bits per heavy atom. The molecule has 2 aliphatic heterocycles. The molecule has 60 heavy (non-hydrogen) atoms. The van der Waals surface area contributed by atoms with Crippen molar-refractivity contribution in [2.75, 3.05) is 27.3 Å². The highest BCUT2D eigenvalue weighted by Crippen LogP contribution is 2.36. The zero-order chi connectivity index (χ0) is 39.5. The molecule has 5 heterocycles. The van der Waals surface area contributed by atoms with Crippen molar-refractivity contribution in [2.24, 2.45) is 16.8 Å². The topological polar surface area (TPSA) is 180 Å². The molecule has 0 saturated carbocycles. The van der Waals surface area contributed by atoms with Crippen molar-refractivity contribution in [3.63, 3.8) is 0 Å². The molecule has 2 saturated heterocycles. The van der Waals surface area contributed by atoms with Gasteiger partial charge in [-0.15, -0.1) is 0 Å². The summed E-state index contributed by atoms with van der Waals surface area (Å²) in [5.41, 5.74) is 5.18. The molecule has 2 aliphatic rings. The van der Waals surface area contributed by atoms with Crippen LogP contribution >= 0.6 is 54.0 Å². The second-order valence-electron chi connectivity index (χ2n) is 15.1. The van der Waals surface area contributed by atoms with E-state index in [2.05, 4.69) is 61.6 Å². The van der Waals surface area contributed by atoms with Gasteiger partial charge >= 0.3 is 6.09 Å². The summed E-state index contributed by atoms with van der Waals surface area (Å²) < 4.78 is 4.76. The van der Waals surface area contributed by atoms with E-state index < -0.39 is 18.2 Å². The first-order chi connectivity index (χ1) is 27.1. The molecule has 0 radical (unpaired) electrons. The maximum absolute atomic E-state index is 13.6. The van der Waals surface area contributed by atoms with Gasteiger partial charge in [0.05, 0.1) is 61.1 Å². The van der Waals surface area contributed by atoms with Crippen LogP contribution in [0.15, 0.2) is 59.9 Å². The van der Waals surface area contributed by atoms with Gasteiger partial charge in [0.25, 0.3) is 0 Å². The number of pyridine rings is 1. The maximum atomic E-state index is 13.6. The van der Waals surface area contributed by atoms with Crippen molar-refractivity contribution in [1.82, 2.24) is 40.0 Å². The van der Waals surface area contributed by atoms with E-state index in [1.807, 2.05) is 49.8 Å². The van der Waals surface area contributed by atoms with Gasteiger partial charge in [-0.3, -0.25) is 14.6 Å². The van der Waals surface area contributed by atoms with E-state index in [0.717, 1.165) is 81.7 Å². The number of fused-ring (bicyclic) bond motifs is 2. The van der Waals surface area contributed by atoms with Crippen LogP contribution in [0.1, 0.15) is 77.1 Å². The zero-order valence-electron chi connectivity index (χ0n) is 34.6. The number of nitrogens with zero attached hydrogens (tertiary/aromatic N) is 6. The third-order valence-electron chi connectivity index (χ3n) is 10.8. The Morgan fingerprint density at radius 2 is 1.43 bits per heavy atom. The number of hydrogen-bond acceptors (Lipinski definition) is 10. The fourth-order valence-electron chi connectivity index (χ4n) is 7.80. The number of imidazole rings is 2. The molecule has 0 bridgehead atoms. The molecule has 19 heteroatoms. The van der Waals surface area contributed by atoms with E-state index in [1.165, 1.54) is 20.6 Å². The molecular formula is C41H57N9O6S4. The Hall–Kier alpha value is -4.43. The average Bonchev–Trinajstić information content (AvgIpc) is 4.03. The Morgan fingerprint density at radius 3 is 2.07 bits per heavy atom. The van der Waals surface area contributed by atoms with Crippen LogP contribution in [0.2, 0.25) is 0 Å². The summed E-state index contributed by atoms with van der Waals surface area (Å²) >= 11 is 0. The number of methoxy groups -OCH3 is 1. The molecule has 3 aromatic heterocycles. The number of H-pyrrole nitrogens is 2. The summed E-state index contributed by atoms with van der Waals surface area (Å²) in [5.74, 6) is 1.12. The number of aliphatic imine (C=N–C) groups is 1. The fourth-order valence-corrected chi connectivity index (χ4v) is 7.80. The number of likely N-dealkylation sites (tertiary alicyclic amines) is 2. The van der Waals surface area contributed by atoms with E-state index in [9.17, 15) is 14.4 Å². The number of nitrogens with one attached hydrogen (secondary N) is 3. The number of carbonyl (C=O) groups is 3. The summed E-state index contributed by atoms with van der Waals surface area (Å²) in [6.45, 7) is 8.95. The highest BCUT2D eigenvalue weighted by molar-refractivity contribution is 7.59. The van der Waals surface area contributed by atoms with Crippen LogP contribution in [-0.4, -0.2) is 98.4 Å². The van der Waals surface area contributed by atoms with Gasteiger partial charge < -0.3 is 34.7 Å². The van der Waals surface area contributed by atoms with Crippen LogP contribution in [0.3, 0.4) is 0 Å². The Labute approximate surface area is 377 Å². The van der Waals surface area contributed by atoms with Crippen molar-refractivity contribution in [2.45, 2.75) is 77.5 Å². The molecule has 2 fully saturated rings. The first-order valence-corrected chi connectivity index (χ1v) is 19.2. The molecule has 2 aromatic carbocycles. The Bertz CT molecular complexity index is 2270. The summed E-state index contributed by atoms with van der Waals surface area (Å²) in [6, 6.07) is 12.8. The number of rotatable bonds is 12. The SMILES string of the molecule is COOC=N[C@H](C(=O)N1CCC[C@H]1c1nc2cc(-c3ccc4cc(-c5cnc([C@@H]6CCCN6C(=O)[C@@H](NC(=O)OC)C(C)C)[nH]5)ccc4c3)ncc2[nH]1)C(C)C.S.S.S.S. The Balaban J connectivity index is 0.00000240. The number of alkyl carbamates (subject to hydrolysis) is 1. The second-order valence-corrected chi connectivity index (χ2v) is 15.1. The largest absolute Gasteiger partial charge is 0.453 e. The van der Waals surface area contributed by atoms with Crippen LogP contribution in [0.4, 0.5) is 4.79 Å². The van der Waals surface area contributed by atoms with Crippen molar-refractivity contribution < 1.29 is 28.9 Å². The van der Waals surface area contributed by atoms with Gasteiger partial charge in [0.2, 0.25) is 18.2 Å². The predicted octanol–water partition coefficient (Wildman–Crippen LogP) is 6.96. The molecule has 0 unspecified atom stereocenters. The minimum Gasteiger partial charge on any atom is -0.453 e. The average molecular weight is 900 g/mol. The second kappa shape index (κ2) is 21.9. The summed E-state index contributed by atoms with van der Waals surface area (Å²) in [5, 5.41) is 4.81. The molecule has 326 valence electrons. The quantitative estimate of drug-likeness (QED) is 0.0517. The van der Waals surface area contributed by atoms with Crippen molar-refractivity contribution in [3.8, 4) is 22.5 Å². The van der Waals surface area contributed by atoms with Crippen LogP contribution in [-0.2, 0) is 24.1 Å². The van der Waals surface area contributed by atoms with Crippen LogP contribution in [0.5, 0.6) is 0 Å². The number of carbonyl (C=O) groups excluding carboxylic acids is 3. The lowest BCUT2D eigenvalue weighted by atomic mass is 10.0. The number of aromatic nitrogens is 5. The summed E-state index contributed by atoms with van der Waals surface area (Å²) in [6.07, 6.45) is 7.46. The lowest BCUT2D eigenvalue weighted by molar-refractivity contribution is -0.188. The van der Waals surface area contributed by atoms with E-state index in [4.69, 9.17) is 24.6 Å². The van der Waals surface area contributed by atoms with Gasteiger partial charge in [0.1, 0.15) is 23.7 Å². The third-order valence-corrected chi connectivity index (χ3v) is 10.8. The smallest absolute Gasteiger partial charge is 0.407 e. The molecule has 5 aromatic rings. The highest BCUT2D eigenvalue weighted by atomic mass is 32.1. The van der Waals surface area contributed by atoms with E-state index in [1.54, 1.807) is 6.20 Å². The molecule has 15 nitrogen and oxygen atoms in total. The molecule has 0 aliphatic carbocycles. The van der Waals surface area contributed by atoms with Crippen molar-refractivity contribution in [3.05, 3.63) is 66.5 Å². The van der Waals surface area contributed by atoms with Crippen LogP contribution in [0, 0.1) is 11.8 Å². The lowest BCUT2D eigenvalue weighted by Gasteiger charge is -2.30. The van der Waals surface area contributed by atoms with E-state index in [0.29, 0.717) is 13.1 Å². The third kappa shape index (κ3) is 10.5. The van der Waals surface area contributed by atoms with Gasteiger partial charge in [0.15, 0.2) is 0 Å². The molecule has 7 rings (SSSR count). The summed E-state index contributed by atoms with van der Waals surface area (Å²) in [7, 11) is 2.68. The first kappa shape index (κ1) is 49.9. The summed E-state index contributed by atoms with van der Waals surface area (Å²) in [4.78, 5) is 77.9. The molecule has 0 spiro atoms. The minimum atomic E-state index is -0.691. The van der Waals surface area contributed by atoms with Gasteiger partial charge in [-0.1, -0.05) is 52.0 Å². The van der Waals surface area contributed by atoms with Gasteiger partial charge in [-0.05, 0) is 66.5 Å². The number of aromatic amines is 2. The fraction of sp³-hybridized carbons (Fsp3) is 0.439.